The monoisotopic (exact) mass is 244 g/mol. The zero-order chi connectivity index (χ0) is 12.4. The van der Waals surface area contributed by atoms with Gasteiger partial charge in [0.2, 0.25) is 0 Å². The summed E-state index contributed by atoms with van der Waals surface area (Å²) in [5.41, 5.74) is 8.14. The summed E-state index contributed by atoms with van der Waals surface area (Å²) < 4.78 is 0. The number of nitrogens with two attached hydrogens (primary N) is 1. The minimum absolute atomic E-state index is 0.842. The van der Waals surface area contributed by atoms with Gasteiger partial charge in [-0.2, -0.15) is 0 Å². The topological polar surface area (TPSA) is 29.3 Å². The summed E-state index contributed by atoms with van der Waals surface area (Å²) >= 11 is 0. The maximum Gasteiger partial charge on any atom is 0.0317 e. The van der Waals surface area contributed by atoms with Crippen LogP contribution in [0.15, 0.2) is 24.3 Å². The molecule has 0 bridgehead atoms. The molecule has 3 rings (SSSR count). The number of benzene rings is 1. The molecular formula is C16H24N2. The molecule has 98 valence electrons. The van der Waals surface area contributed by atoms with E-state index in [1.807, 2.05) is 6.07 Å². The third-order valence-corrected chi connectivity index (χ3v) is 4.69. The zero-order valence-corrected chi connectivity index (χ0v) is 11.1. The first-order valence-electron chi connectivity index (χ1n) is 7.41. The molecule has 2 nitrogen and oxygen atoms in total. The Balaban J connectivity index is 1.67. The number of anilines is 1. The van der Waals surface area contributed by atoms with Crippen LogP contribution in [-0.2, 0) is 6.54 Å². The van der Waals surface area contributed by atoms with Crippen molar-refractivity contribution in [2.24, 2.45) is 5.92 Å². The third-order valence-electron chi connectivity index (χ3n) is 4.69. The quantitative estimate of drug-likeness (QED) is 0.825. The van der Waals surface area contributed by atoms with Crippen molar-refractivity contribution >= 4 is 5.69 Å². The van der Waals surface area contributed by atoms with Crippen molar-refractivity contribution in [3.05, 3.63) is 29.8 Å². The van der Waals surface area contributed by atoms with Gasteiger partial charge < -0.3 is 5.73 Å². The highest BCUT2D eigenvalue weighted by molar-refractivity contribution is 5.40. The molecule has 1 aromatic carbocycles. The van der Waals surface area contributed by atoms with E-state index in [9.17, 15) is 0 Å². The van der Waals surface area contributed by atoms with Crippen LogP contribution in [0.2, 0.25) is 0 Å². The van der Waals surface area contributed by atoms with E-state index < -0.39 is 0 Å². The first kappa shape index (κ1) is 12.0. The van der Waals surface area contributed by atoms with Crippen molar-refractivity contribution in [3.63, 3.8) is 0 Å². The second-order valence-corrected chi connectivity index (χ2v) is 5.97. The molecule has 1 aliphatic heterocycles. The molecule has 1 saturated heterocycles. The highest BCUT2D eigenvalue weighted by Gasteiger charge is 2.32. The number of likely N-dealkylation sites (tertiary alicyclic amines) is 1. The standard InChI is InChI=1S/C16H24N2/c17-15-8-3-5-13(11-15)12-18-10-4-9-16(18)14-6-1-2-7-14/h3,5,8,11,14,16H,1-2,4,6-7,9-10,12,17H2. The summed E-state index contributed by atoms with van der Waals surface area (Å²) in [6.07, 6.45) is 8.60. The Hall–Kier alpha value is -1.02. The average molecular weight is 244 g/mol. The predicted octanol–water partition coefficient (Wildman–Crippen LogP) is 3.42. The van der Waals surface area contributed by atoms with Crippen molar-refractivity contribution in [2.45, 2.75) is 51.1 Å². The van der Waals surface area contributed by atoms with Gasteiger partial charge in [0, 0.05) is 18.3 Å². The minimum Gasteiger partial charge on any atom is -0.399 e. The van der Waals surface area contributed by atoms with Gasteiger partial charge >= 0.3 is 0 Å². The van der Waals surface area contributed by atoms with Crippen molar-refractivity contribution in [3.8, 4) is 0 Å². The fourth-order valence-corrected chi connectivity index (χ4v) is 3.85. The maximum absolute atomic E-state index is 5.87. The Morgan fingerprint density at radius 1 is 1.11 bits per heavy atom. The van der Waals surface area contributed by atoms with Crippen LogP contribution in [0.25, 0.3) is 0 Å². The Kier molecular flexibility index (Phi) is 3.55. The SMILES string of the molecule is Nc1cccc(CN2CCCC2C2CCCC2)c1. The Bertz CT molecular complexity index is 396. The second kappa shape index (κ2) is 5.31. The second-order valence-electron chi connectivity index (χ2n) is 5.97. The largest absolute Gasteiger partial charge is 0.399 e. The van der Waals surface area contributed by atoms with Crippen LogP contribution >= 0.6 is 0 Å². The van der Waals surface area contributed by atoms with Crippen LogP contribution in [0.4, 0.5) is 5.69 Å². The number of rotatable bonds is 3. The maximum atomic E-state index is 5.87. The predicted molar refractivity (Wildman–Crippen MR) is 76.2 cm³/mol. The van der Waals surface area contributed by atoms with Crippen LogP contribution in [0, 0.1) is 5.92 Å². The van der Waals surface area contributed by atoms with Crippen LogP contribution < -0.4 is 5.73 Å². The molecule has 1 atom stereocenters. The lowest BCUT2D eigenvalue weighted by molar-refractivity contribution is 0.183. The molecule has 2 aliphatic rings. The van der Waals surface area contributed by atoms with Gasteiger partial charge in [-0.15, -0.1) is 0 Å². The van der Waals surface area contributed by atoms with E-state index in [0.29, 0.717) is 0 Å². The fourth-order valence-electron chi connectivity index (χ4n) is 3.85. The van der Waals surface area contributed by atoms with E-state index in [2.05, 4.69) is 23.1 Å². The van der Waals surface area contributed by atoms with Crippen LogP contribution in [0.1, 0.15) is 44.1 Å². The average Bonchev–Trinajstić information content (AvgIpc) is 2.98. The van der Waals surface area contributed by atoms with Gasteiger partial charge in [-0.05, 0) is 55.8 Å². The van der Waals surface area contributed by atoms with Gasteiger partial charge in [0.15, 0.2) is 0 Å². The highest BCUT2D eigenvalue weighted by atomic mass is 15.2. The third kappa shape index (κ3) is 2.54. The summed E-state index contributed by atoms with van der Waals surface area (Å²) in [6, 6.07) is 9.23. The summed E-state index contributed by atoms with van der Waals surface area (Å²) in [5, 5.41) is 0. The summed E-state index contributed by atoms with van der Waals surface area (Å²) in [7, 11) is 0. The molecule has 2 fully saturated rings. The van der Waals surface area contributed by atoms with E-state index in [4.69, 9.17) is 5.73 Å². The molecule has 1 unspecified atom stereocenters. The molecule has 0 spiro atoms. The van der Waals surface area contributed by atoms with E-state index >= 15 is 0 Å². The van der Waals surface area contributed by atoms with Gasteiger partial charge in [-0.1, -0.05) is 25.0 Å². The summed E-state index contributed by atoms with van der Waals surface area (Å²) in [4.78, 5) is 2.70. The van der Waals surface area contributed by atoms with Crippen molar-refractivity contribution in [2.75, 3.05) is 12.3 Å². The molecule has 0 radical (unpaired) electrons. The van der Waals surface area contributed by atoms with Crippen molar-refractivity contribution in [1.29, 1.82) is 0 Å². The molecule has 2 N–H and O–H groups in total. The minimum atomic E-state index is 0.842. The molecule has 1 heterocycles. The summed E-state index contributed by atoms with van der Waals surface area (Å²) in [6.45, 7) is 2.36. The van der Waals surface area contributed by atoms with Gasteiger partial charge in [-0.25, -0.2) is 0 Å². The van der Waals surface area contributed by atoms with Crippen LogP contribution in [-0.4, -0.2) is 17.5 Å². The van der Waals surface area contributed by atoms with Crippen LogP contribution in [0.5, 0.6) is 0 Å². The number of nitrogen functional groups attached to an aromatic ring is 1. The summed E-state index contributed by atoms with van der Waals surface area (Å²) in [5.74, 6) is 0.966. The first-order valence-corrected chi connectivity index (χ1v) is 7.41. The van der Waals surface area contributed by atoms with Gasteiger partial charge in [0.25, 0.3) is 0 Å². The van der Waals surface area contributed by atoms with E-state index in [-0.39, 0.29) is 0 Å². The molecule has 0 amide bonds. The lowest BCUT2D eigenvalue weighted by atomic mass is 9.96. The first-order chi connectivity index (χ1) is 8.83. The smallest absolute Gasteiger partial charge is 0.0317 e. The molecule has 0 aromatic heterocycles. The number of hydrogen-bond donors (Lipinski definition) is 1. The van der Waals surface area contributed by atoms with Gasteiger partial charge in [0.1, 0.15) is 0 Å². The Morgan fingerprint density at radius 2 is 1.94 bits per heavy atom. The molecular weight excluding hydrogens is 220 g/mol. The highest BCUT2D eigenvalue weighted by Crippen LogP contribution is 2.36. The number of nitrogens with zero attached hydrogens (tertiary/aromatic N) is 1. The lowest BCUT2D eigenvalue weighted by Crippen LogP contribution is -2.34. The normalized spacial score (nSPS) is 25.9. The van der Waals surface area contributed by atoms with Gasteiger partial charge in [-0.3, -0.25) is 4.90 Å². The molecule has 1 saturated carbocycles. The molecule has 1 aliphatic carbocycles. The Morgan fingerprint density at radius 3 is 2.72 bits per heavy atom. The molecule has 2 heteroatoms. The molecule has 1 aromatic rings. The zero-order valence-electron chi connectivity index (χ0n) is 11.1. The molecule has 18 heavy (non-hydrogen) atoms. The van der Waals surface area contributed by atoms with Crippen molar-refractivity contribution in [1.82, 2.24) is 4.90 Å². The lowest BCUT2D eigenvalue weighted by Gasteiger charge is -2.29. The van der Waals surface area contributed by atoms with Gasteiger partial charge in [0.05, 0.1) is 0 Å². The van der Waals surface area contributed by atoms with E-state index in [1.165, 1.54) is 50.6 Å². The Labute approximate surface area is 110 Å². The van der Waals surface area contributed by atoms with Crippen molar-refractivity contribution < 1.29 is 0 Å². The van der Waals surface area contributed by atoms with Crippen LogP contribution in [0.3, 0.4) is 0 Å². The fraction of sp³-hybridized carbons (Fsp3) is 0.625. The van der Waals surface area contributed by atoms with E-state index in [0.717, 1.165) is 24.2 Å². The number of hydrogen-bond acceptors (Lipinski definition) is 2. The van der Waals surface area contributed by atoms with E-state index in [1.54, 1.807) is 0 Å².